The Bertz CT molecular complexity index is 489. The molecule has 0 aromatic carbocycles. The molecule has 0 amide bonds. The summed E-state index contributed by atoms with van der Waals surface area (Å²) in [5, 5.41) is 14.2. The highest BCUT2D eigenvalue weighted by atomic mass is 79.9. The van der Waals surface area contributed by atoms with Crippen LogP contribution in [0.3, 0.4) is 0 Å². The largest absolute Gasteiger partial charge is 0.352 e. The second-order valence-corrected chi connectivity index (χ2v) is 5.39. The van der Waals surface area contributed by atoms with E-state index in [1.807, 2.05) is 0 Å². The van der Waals surface area contributed by atoms with Crippen LogP contribution < -0.4 is 10.2 Å². The van der Waals surface area contributed by atoms with E-state index < -0.39 is 4.92 Å². The number of halogens is 1. The van der Waals surface area contributed by atoms with E-state index in [1.165, 1.54) is 6.20 Å². The first-order valence-corrected chi connectivity index (χ1v) is 7.12. The number of rotatable bonds is 4. The molecule has 0 bridgehead atoms. The molecule has 0 aliphatic carbocycles. The van der Waals surface area contributed by atoms with Gasteiger partial charge in [-0.15, -0.1) is 0 Å². The van der Waals surface area contributed by atoms with Gasteiger partial charge in [0.1, 0.15) is 12.0 Å². The van der Waals surface area contributed by atoms with Crippen molar-refractivity contribution in [3.63, 3.8) is 0 Å². The molecular formula is C12H17BrN4O2. The molecule has 0 spiro atoms. The SMILES string of the molecule is CCN(c1ncc([N+](=O)[O-])c(C)c1Br)C1CCNC1. The average Bonchev–Trinajstić information content (AvgIpc) is 2.89. The van der Waals surface area contributed by atoms with Crippen molar-refractivity contribution in [1.82, 2.24) is 10.3 Å². The van der Waals surface area contributed by atoms with Crippen molar-refractivity contribution in [3.05, 3.63) is 26.3 Å². The minimum Gasteiger partial charge on any atom is -0.352 e. The van der Waals surface area contributed by atoms with Gasteiger partial charge in [-0.05, 0) is 42.7 Å². The standard InChI is InChI=1S/C12H17BrN4O2/c1-3-16(9-4-5-14-6-9)12-11(13)8(2)10(7-15-12)17(18)19/h7,9,14H,3-6H2,1-2H3. The third kappa shape index (κ3) is 2.71. The van der Waals surface area contributed by atoms with Crippen molar-refractivity contribution in [2.75, 3.05) is 24.5 Å². The van der Waals surface area contributed by atoms with Crippen LogP contribution in [0.5, 0.6) is 0 Å². The predicted octanol–water partition coefficient (Wildman–Crippen LogP) is 2.25. The van der Waals surface area contributed by atoms with Crippen molar-refractivity contribution in [2.24, 2.45) is 0 Å². The van der Waals surface area contributed by atoms with Crippen molar-refractivity contribution >= 4 is 27.4 Å². The molecule has 6 nitrogen and oxygen atoms in total. The number of anilines is 1. The number of likely N-dealkylation sites (N-methyl/N-ethyl adjacent to an activating group) is 1. The van der Waals surface area contributed by atoms with Crippen molar-refractivity contribution in [1.29, 1.82) is 0 Å². The minimum atomic E-state index is -0.399. The van der Waals surface area contributed by atoms with Gasteiger partial charge < -0.3 is 10.2 Å². The van der Waals surface area contributed by atoms with Gasteiger partial charge in [-0.2, -0.15) is 0 Å². The highest BCUT2D eigenvalue weighted by molar-refractivity contribution is 9.10. The number of hydrogen-bond donors (Lipinski definition) is 1. The van der Waals surface area contributed by atoms with Crippen molar-refractivity contribution < 1.29 is 4.92 Å². The fourth-order valence-electron chi connectivity index (χ4n) is 2.43. The first-order chi connectivity index (χ1) is 9.06. The Kier molecular flexibility index (Phi) is 4.36. The van der Waals surface area contributed by atoms with Crippen molar-refractivity contribution in [2.45, 2.75) is 26.3 Å². The number of nitrogens with one attached hydrogen (secondary N) is 1. The number of nitrogens with zero attached hydrogens (tertiary/aromatic N) is 3. The Balaban J connectivity index is 2.38. The van der Waals surface area contributed by atoms with Crippen LogP contribution >= 0.6 is 15.9 Å². The zero-order chi connectivity index (χ0) is 14.0. The van der Waals surface area contributed by atoms with Crippen LogP contribution in [0.25, 0.3) is 0 Å². The molecule has 1 unspecified atom stereocenters. The maximum absolute atomic E-state index is 10.9. The Morgan fingerprint density at radius 2 is 2.42 bits per heavy atom. The van der Waals surface area contributed by atoms with Crippen LogP contribution in [-0.4, -0.2) is 35.6 Å². The predicted molar refractivity (Wildman–Crippen MR) is 77.6 cm³/mol. The van der Waals surface area contributed by atoms with E-state index in [-0.39, 0.29) is 5.69 Å². The highest BCUT2D eigenvalue weighted by Crippen LogP contribution is 2.34. The van der Waals surface area contributed by atoms with Crippen LogP contribution in [0, 0.1) is 17.0 Å². The van der Waals surface area contributed by atoms with E-state index >= 15 is 0 Å². The number of hydrogen-bond acceptors (Lipinski definition) is 5. The summed E-state index contributed by atoms with van der Waals surface area (Å²) < 4.78 is 0.718. The minimum absolute atomic E-state index is 0.0521. The molecule has 0 saturated carbocycles. The third-order valence-corrected chi connectivity index (χ3v) is 4.45. The Hall–Kier alpha value is -1.21. The van der Waals surface area contributed by atoms with E-state index in [0.29, 0.717) is 11.6 Å². The molecule has 1 aliphatic rings. The van der Waals surface area contributed by atoms with Gasteiger partial charge in [-0.3, -0.25) is 10.1 Å². The Morgan fingerprint density at radius 3 is 2.95 bits per heavy atom. The lowest BCUT2D eigenvalue weighted by molar-refractivity contribution is -0.385. The molecule has 1 fully saturated rings. The molecule has 1 saturated heterocycles. The van der Waals surface area contributed by atoms with Crippen LogP contribution in [-0.2, 0) is 0 Å². The van der Waals surface area contributed by atoms with Gasteiger partial charge in [-0.25, -0.2) is 4.98 Å². The zero-order valence-electron chi connectivity index (χ0n) is 11.0. The summed E-state index contributed by atoms with van der Waals surface area (Å²) in [6, 6.07) is 0.398. The van der Waals surface area contributed by atoms with E-state index in [2.05, 4.69) is 38.1 Å². The molecule has 1 aromatic heterocycles. The average molecular weight is 329 g/mol. The van der Waals surface area contributed by atoms with E-state index in [0.717, 1.165) is 36.3 Å². The molecule has 1 aliphatic heterocycles. The van der Waals surface area contributed by atoms with Crippen LogP contribution in [0.4, 0.5) is 11.5 Å². The van der Waals surface area contributed by atoms with Gasteiger partial charge in [0.25, 0.3) is 5.69 Å². The number of aromatic nitrogens is 1. The molecule has 7 heteroatoms. The van der Waals surface area contributed by atoms with Crippen LogP contribution in [0.2, 0.25) is 0 Å². The molecule has 0 radical (unpaired) electrons. The first kappa shape index (κ1) is 14.2. The quantitative estimate of drug-likeness (QED) is 0.678. The van der Waals surface area contributed by atoms with Gasteiger partial charge in [0, 0.05) is 24.7 Å². The molecule has 1 atom stereocenters. The maximum Gasteiger partial charge on any atom is 0.291 e. The zero-order valence-corrected chi connectivity index (χ0v) is 12.6. The van der Waals surface area contributed by atoms with E-state index in [4.69, 9.17) is 0 Å². The summed E-state index contributed by atoms with van der Waals surface area (Å²) in [5.74, 6) is 0.791. The fraction of sp³-hybridized carbons (Fsp3) is 0.583. The third-order valence-electron chi connectivity index (χ3n) is 3.50. The highest BCUT2D eigenvalue weighted by Gasteiger charge is 2.26. The second-order valence-electron chi connectivity index (χ2n) is 4.60. The molecule has 1 aromatic rings. The van der Waals surface area contributed by atoms with Gasteiger partial charge in [0.15, 0.2) is 0 Å². The molecule has 2 heterocycles. The summed E-state index contributed by atoms with van der Waals surface area (Å²) in [4.78, 5) is 17.0. The molecule has 104 valence electrons. The summed E-state index contributed by atoms with van der Waals surface area (Å²) in [5.41, 5.74) is 0.677. The van der Waals surface area contributed by atoms with E-state index in [1.54, 1.807) is 6.92 Å². The lowest BCUT2D eigenvalue weighted by Gasteiger charge is -2.29. The summed E-state index contributed by atoms with van der Waals surface area (Å²) in [6.45, 7) is 6.58. The Labute approximate surface area is 120 Å². The van der Waals surface area contributed by atoms with E-state index in [9.17, 15) is 10.1 Å². The van der Waals surface area contributed by atoms with Crippen LogP contribution in [0.15, 0.2) is 10.7 Å². The number of nitro groups is 1. The van der Waals surface area contributed by atoms with Gasteiger partial charge in [0.2, 0.25) is 0 Å². The topological polar surface area (TPSA) is 71.3 Å². The van der Waals surface area contributed by atoms with Gasteiger partial charge >= 0.3 is 0 Å². The molecule has 2 rings (SSSR count). The van der Waals surface area contributed by atoms with Crippen LogP contribution in [0.1, 0.15) is 18.9 Å². The molecule has 1 N–H and O–H groups in total. The lowest BCUT2D eigenvalue weighted by atomic mass is 10.2. The second kappa shape index (κ2) is 5.83. The number of pyridine rings is 1. The summed E-state index contributed by atoms with van der Waals surface area (Å²) in [7, 11) is 0. The monoisotopic (exact) mass is 328 g/mol. The summed E-state index contributed by atoms with van der Waals surface area (Å²) in [6.07, 6.45) is 2.42. The fourth-order valence-corrected chi connectivity index (χ4v) is 2.96. The molecule has 19 heavy (non-hydrogen) atoms. The maximum atomic E-state index is 10.9. The molecular weight excluding hydrogens is 312 g/mol. The summed E-state index contributed by atoms with van der Waals surface area (Å²) >= 11 is 3.46. The smallest absolute Gasteiger partial charge is 0.291 e. The lowest BCUT2D eigenvalue weighted by Crippen LogP contribution is -2.37. The first-order valence-electron chi connectivity index (χ1n) is 6.33. The Morgan fingerprint density at radius 1 is 1.68 bits per heavy atom. The normalized spacial score (nSPS) is 18.6. The van der Waals surface area contributed by atoms with Gasteiger partial charge in [0.05, 0.1) is 9.40 Å². The van der Waals surface area contributed by atoms with Gasteiger partial charge in [-0.1, -0.05) is 0 Å². The van der Waals surface area contributed by atoms with Crippen molar-refractivity contribution in [3.8, 4) is 0 Å².